The fraction of sp³-hybridized carbons (Fsp3) is 0.923. The minimum atomic E-state index is 0.228. The standard InChI is InChI=1S/C13H24N2O/c1-10-8-11(2)14-13(9-10)4-6-15(7-5-13)12(3)16/h10-11,14H,4-9H2,1-3H3. The Morgan fingerprint density at radius 1 is 1.31 bits per heavy atom. The van der Waals surface area contributed by atoms with Gasteiger partial charge in [-0.1, -0.05) is 6.92 Å². The van der Waals surface area contributed by atoms with E-state index in [0.29, 0.717) is 11.6 Å². The number of hydrogen-bond acceptors (Lipinski definition) is 2. The number of nitrogens with one attached hydrogen (secondary N) is 1. The van der Waals surface area contributed by atoms with Gasteiger partial charge in [-0.2, -0.15) is 0 Å². The van der Waals surface area contributed by atoms with Gasteiger partial charge in [-0.25, -0.2) is 0 Å². The highest BCUT2D eigenvalue weighted by atomic mass is 16.2. The van der Waals surface area contributed by atoms with Crippen LogP contribution >= 0.6 is 0 Å². The van der Waals surface area contributed by atoms with Crippen LogP contribution in [-0.4, -0.2) is 35.5 Å². The maximum atomic E-state index is 11.3. The number of carbonyl (C=O) groups excluding carboxylic acids is 1. The van der Waals surface area contributed by atoms with Crippen LogP contribution in [0.2, 0.25) is 0 Å². The first-order valence-electron chi connectivity index (χ1n) is 6.54. The van der Waals surface area contributed by atoms with Crippen molar-refractivity contribution in [2.24, 2.45) is 5.92 Å². The third-order valence-corrected chi connectivity index (χ3v) is 4.21. The van der Waals surface area contributed by atoms with Crippen LogP contribution in [0.1, 0.15) is 46.5 Å². The first kappa shape index (κ1) is 11.9. The summed E-state index contributed by atoms with van der Waals surface area (Å²) in [6, 6.07) is 0.632. The number of rotatable bonds is 0. The molecule has 3 nitrogen and oxygen atoms in total. The van der Waals surface area contributed by atoms with Gasteiger partial charge in [0, 0.05) is 31.6 Å². The Kier molecular flexibility index (Phi) is 3.24. The second-order valence-corrected chi connectivity index (χ2v) is 5.88. The van der Waals surface area contributed by atoms with Crippen LogP contribution < -0.4 is 5.32 Å². The largest absolute Gasteiger partial charge is 0.343 e. The highest BCUT2D eigenvalue weighted by Gasteiger charge is 2.40. The molecule has 2 atom stereocenters. The molecule has 2 unspecified atom stereocenters. The normalized spacial score (nSPS) is 34.1. The van der Waals surface area contributed by atoms with Crippen LogP contribution in [0.3, 0.4) is 0 Å². The van der Waals surface area contributed by atoms with Crippen molar-refractivity contribution in [3.05, 3.63) is 0 Å². The molecule has 0 aromatic heterocycles. The van der Waals surface area contributed by atoms with Crippen molar-refractivity contribution in [2.45, 2.75) is 58.0 Å². The van der Waals surface area contributed by atoms with Crippen LogP contribution in [0.5, 0.6) is 0 Å². The predicted molar refractivity (Wildman–Crippen MR) is 65.2 cm³/mol. The molecule has 2 heterocycles. The molecule has 2 aliphatic rings. The van der Waals surface area contributed by atoms with Gasteiger partial charge in [-0.3, -0.25) is 4.79 Å². The number of amides is 1. The average Bonchev–Trinajstić information content (AvgIpc) is 2.16. The summed E-state index contributed by atoms with van der Waals surface area (Å²) >= 11 is 0. The smallest absolute Gasteiger partial charge is 0.219 e. The molecule has 0 saturated carbocycles. The van der Waals surface area contributed by atoms with E-state index in [1.807, 2.05) is 4.90 Å². The minimum absolute atomic E-state index is 0.228. The van der Waals surface area contributed by atoms with Crippen molar-refractivity contribution in [2.75, 3.05) is 13.1 Å². The first-order valence-corrected chi connectivity index (χ1v) is 6.54. The molecular formula is C13H24N2O. The van der Waals surface area contributed by atoms with E-state index in [4.69, 9.17) is 0 Å². The lowest BCUT2D eigenvalue weighted by Crippen LogP contribution is -2.59. The molecule has 0 aromatic carbocycles. The zero-order valence-corrected chi connectivity index (χ0v) is 10.8. The van der Waals surface area contributed by atoms with Gasteiger partial charge in [0.15, 0.2) is 0 Å². The third kappa shape index (κ3) is 2.40. The Labute approximate surface area is 98.6 Å². The number of hydrogen-bond donors (Lipinski definition) is 1. The molecule has 0 radical (unpaired) electrons. The van der Waals surface area contributed by atoms with E-state index in [1.54, 1.807) is 6.92 Å². The van der Waals surface area contributed by atoms with Crippen LogP contribution in [0, 0.1) is 5.92 Å². The summed E-state index contributed by atoms with van der Waals surface area (Å²) in [7, 11) is 0. The van der Waals surface area contributed by atoms with Gasteiger partial charge in [0.25, 0.3) is 0 Å². The zero-order chi connectivity index (χ0) is 11.8. The van der Waals surface area contributed by atoms with Crippen molar-refractivity contribution in [3.8, 4) is 0 Å². The van der Waals surface area contributed by atoms with E-state index in [-0.39, 0.29) is 5.91 Å². The van der Waals surface area contributed by atoms with Gasteiger partial charge >= 0.3 is 0 Å². The van der Waals surface area contributed by atoms with E-state index in [2.05, 4.69) is 19.2 Å². The van der Waals surface area contributed by atoms with E-state index in [0.717, 1.165) is 31.8 Å². The van der Waals surface area contributed by atoms with Gasteiger partial charge in [-0.15, -0.1) is 0 Å². The van der Waals surface area contributed by atoms with Gasteiger partial charge in [-0.05, 0) is 38.5 Å². The van der Waals surface area contributed by atoms with Crippen molar-refractivity contribution >= 4 is 5.91 Å². The Bertz CT molecular complexity index is 257. The predicted octanol–water partition coefficient (Wildman–Crippen LogP) is 1.78. The SMILES string of the molecule is CC(=O)N1CCC2(CC1)CC(C)CC(C)N2. The molecule has 2 saturated heterocycles. The molecule has 0 bridgehead atoms. The summed E-state index contributed by atoms with van der Waals surface area (Å²) in [5, 5.41) is 3.78. The van der Waals surface area contributed by atoms with Crippen molar-refractivity contribution in [3.63, 3.8) is 0 Å². The van der Waals surface area contributed by atoms with Gasteiger partial charge < -0.3 is 10.2 Å². The van der Waals surface area contributed by atoms with Crippen LogP contribution in [0.4, 0.5) is 0 Å². The average molecular weight is 224 g/mol. The molecule has 2 fully saturated rings. The summed E-state index contributed by atoms with van der Waals surface area (Å²) in [5.74, 6) is 1.05. The maximum absolute atomic E-state index is 11.3. The summed E-state index contributed by atoms with van der Waals surface area (Å²) in [5.41, 5.74) is 0.322. The molecule has 2 aliphatic heterocycles. The highest BCUT2D eigenvalue weighted by molar-refractivity contribution is 5.73. The summed E-state index contributed by atoms with van der Waals surface area (Å²) in [6.07, 6.45) is 4.82. The van der Waals surface area contributed by atoms with Crippen LogP contribution in [-0.2, 0) is 4.79 Å². The summed E-state index contributed by atoms with van der Waals surface area (Å²) in [6.45, 7) is 8.19. The second-order valence-electron chi connectivity index (χ2n) is 5.88. The van der Waals surface area contributed by atoms with Gasteiger partial charge in [0.1, 0.15) is 0 Å². The molecule has 1 amide bonds. The Morgan fingerprint density at radius 3 is 2.44 bits per heavy atom. The molecule has 16 heavy (non-hydrogen) atoms. The van der Waals surface area contributed by atoms with E-state index >= 15 is 0 Å². The zero-order valence-electron chi connectivity index (χ0n) is 10.8. The summed E-state index contributed by atoms with van der Waals surface area (Å²) in [4.78, 5) is 13.3. The highest BCUT2D eigenvalue weighted by Crippen LogP contribution is 2.35. The number of piperidine rings is 2. The third-order valence-electron chi connectivity index (χ3n) is 4.21. The molecule has 3 heteroatoms. The van der Waals surface area contributed by atoms with Crippen molar-refractivity contribution in [1.82, 2.24) is 10.2 Å². The van der Waals surface area contributed by atoms with Crippen LogP contribution in [0.25, 0.3) is 0 Å². The van der Waals surface area contributed by atoms with E-state index in [1.165, 1.54) is 12.8 Å². The molecule has 92 valence electrons. The van der Waals surface area contributed by atoms with Gasteiger partial charge in [0.2, 0.25) is 5.91 Å². The van der Waals surface area contributed by atoms with Crippen molar-refractivity contribution in [1.29, 1.82) is 0 Å². The van der Waals surface area contributed by atoms with Crippen molar-refractivity contribution < 1.29 is 4.79 Å². The fourth-order valence-electron chi connectivity index (χ4n) is 3.59. The lowest BCUT2D eigenvalue weighted by Gasteiger charge is -2.48. The van der Waals surface area contributed by atoms with Crippen LogP contribution in [0.15, 0.2) is 0 Å². The molecule has 2 rings (SSSR count). The molecule has 1 N–H and O–H groups in total. The quantitative estimate of drug-likeness (QED) is 0.680. The molecule has 0 aliphatic carbocycles. The Morgan fingerprint density at radius 2 is 1.94 bits per heavy atom. The Hall–Kier alpha value is -0.570. The monoisotopic (exact) mass is 224 g/mol. The van der Waals surface area contributed by atoms with Gasteiger partial charge in [0.05, 0.1) is 0 Å². The second kappa shape index (κ2) is 4.36. The first-order chi connectivity index (χ1) is 7.51. The molecule has 0 aromatic rings. The molecular weight excluding hydrogens is 200 g/mol. The summed E-state index contributed by atoms with van der Waals surface area (Å²) < 4.78 is 0. The number of carbonyl (C=O) groups is 1. The minimum Gasteiger partial charge on any atom is -0.343 e. The lowest BCUT2D eigenvalue weighted by molar-refractivity contribution is -0.130. The molecule has 1 spiro atoms. The Balaban J connectivity index is 1.98. The van der Waals surface area contributed by atoms with E-state index in [9.17, 15) is 4.79 Å². The fourth-order valence-corrected chi connectivity index (χ4v) is 3.59. The topological polar surface area (TPSA) is 32.3 Å². The number of likely N-dealkylation sites (tertiary alicyclic amines) is 1. The number of nitrogens with zero attached hydrogens (tertiary/aromatic N) is 1. The maximum Gasteiger partial charge on any atom is 0.219 e. The van der Waals surface area contributed by atoms with E-state index < -0.39 is 0 Å². The lowest BCUT2D eigenvalue weighted by atomic mass is 9.74.